The molecule has 1 aromatic heterocycles. The van der Waals surface area contributed by atoms with E-state index in [2.05, 4.69) is 41.3 Å². The first-order valence-corrected chi connectivity index (χ1v) is 9.12. The third-order valence-electron chi connectivity index (χ3n) is 4.96. The third kappa shape index (κ3) is 3.74. The molecule has 0 saturated carbocycles. The fourth-order valence-corrected chi connectivity index (χ4v) is 3.63. The van der Waals surface area contributed by atoms with Crippen molar-refractivity contribution in [2.75, 3.05) is 13.1 Å². The van der Waals surface area contributed by atoms with Crippen LogP contribution >= 0.6 is 0 Å². The molecule has 2 aromatic carbocycles. The SMILES string of the molecule is N#CCc1cc(OC2CCN(Cc3ccccc3)CC2)cc2ccoc12. The zero-order valence-electron chi connectivity index (χ0n) is 14.7. The van der Waals surface area contributed by atoms with Gasteiger partial charge in [0, 0.05) is 30.6 Å². The van der Waals surface area contributed by atoms with E-state index < -0.39 is 0 Å². The smallest absolute Gasteiger partial charge is 0.138 e. The lowest BCUT2D eigenvalue weighted by molar-refractivity contribution is 0.0968. The Balaban J connectivity index is 1.38. The van der Waals surface area contributed by atoms with Crippen molar-refractivity contribution in [3.8, 4) is 11.8 Å². The van der Waals surface area contributed by atoms with Crippen LogP contribution in [0.5, 0.6) is 5.75 Å². The Bertz CT molecular complexity index is 903. The molecule has 1 saturated heterocycles. The largest absolute Gasteiger partial charge is 0.490 e. The van der Waals surface area contributed by atoms with E-state index in [1.807, 2.05) is 18.2 Å². The van der Waals surface area contributed by atoms with Crippen LogP contribution in [0.1, 0.15) is 24.0 Å². The summed E-state index contributed by atoms with van der Waals surface area (Å²) in [6, 6.07) is 18.7. The predicted octanol–water partition coefficient (Wildman–Crippen LogP) is 4.54. The topological polar surface area (TPSA) is 49.4 Å². The Morgan fingerprint density at radius 2 is 1.92 bits per heavy atom. The molecule has 1 fully saturated rings. The minimum absolute atomic E-state index is 0.223. The number of furan rings is 1. The van der Waals surface area contributed by atoms with Crippen LogP contribution in [0.25, 0.3) is 11.0 Å². The van der Waals surface area contributed by atoms with E-state index >= 15 is 0 Å². The highest BCUT2D eigenvalue weighted by molar-refractivity contribution is 5.82. The number of hydrogen-bond acceptors (Lipinski definition) is 4. The number of nitriles is 1. The molecule has 0 atom stereocenters. The molecule has 0 spiro atoms. The highest BCUT2D eigenvalue weighted by Gasteiger charge is 2.21. The number of likely N-dealkylation sites (tertiary alicyclic amines) is 1. The quantitative estimate of drug-likeness (QED) is 0.680. The molecule has 3 aromatic rings. The lowest BCUT2D eigenvalue weighted by Crippen LogP contribution is -2.37. The van der Waals surface area contributed by atoms with Gasteiger partial charge in [-0.05, 0) is 36.6 Å². The van der Waals surface area contributed by atoms with Crippen LogP contribution < -0.4 is 4.74 Å². The van der Waals surface area contributed by atoms with E-state index in [9.17, 15) is 0 Å². The number of ether oxygens (including phenoxy) is 1. The minimum Gasteiger partial charge on any atom is -0.490 e. The Morgan fingerprint density at radius 3 is 2.69 bits per heavy atom. The summed E-state index contributed by atoms with van der Waals surface area (Å²) in [6.45, 7) is 3.08. The van der Waals surface area contributed by atoms with Gasteiger partial charge in [0.05, 0.1) is 18.8 Å². The maximum Gasteiger partial charge on any atom is 0.138 e. The summed E-state index contributed by atoms with van der Waals surface area (Å²) in [5.41, 5.74) is 3.04. The predicted molar refractivity (Wildman–Crippen MR) is 101 cm³/mol. The molecule has 4 rings (SSSR count). The standard InChI is InChI=1S/C22H22N2O2/c23-10-6-18-14-21(15-19-9-13-25-22(18)19)26-20-7-11-24(12-8-20)16-17-4-2-1-3-5-17/h1-5,9,13-15,20H,6-8,11-12,16H2. The third-order valence-corrected chi connectivity index (χ3v) is 4.96. The zero-order valence-corrected chi connectivity index (χ0v) is 14.7. The number of piperidine rings is 1. The van der Waals surface area contributed by atoms with Crippen LogP contribution in [0, 0.1) is 11.3 Å². The second kappa shape index (κ2) is 7.63. The molecule has 4 nitrogen and oxygen atoms in total. The van der Waals surface area contributed by atoms with Crippen LogP contribution in [-0.4, -0.2) is 24.1 Å². The Morgan fingerprint density at radius 1 is 1.12 bits per heavy atom. The van der Waals surface area contributed by atoms with Crippen molar-refractivity contribution < 1.29 is 9.15 Å². The fraction of sp³-hybridized carbons (Fsp3) is 0.318. The van der Waals surface area contributed by atoms with Gasteiger partial charge < -0.3 is 9.15 Å². The highest BCUT2D eigenvalue weighted by Crippen LogP contribution is 2.29. The van der Waals surface area contributed by atoms with Crippen LogP contribution in [0.4, 0.5) is 0 Å². The van der Waals surface area contributed by atoms with E-state index in [0.717, 1.165) is 54.8 Å². The second-order valence-electron chi connectivity index (χ2n) is 6.84. The fourth-order valence-electron chi connectivity index (χ4n) is 3.63. The highest BCUT2D eigenvalue weighted by atomic mass is 16.5. The van der Waals surface area contributed by atoms with Crippen LogP contribution in [-0.2, 0) is 13.0 Å². The van der Waals surface area contributed by atoms with Crippen molar-refractivity contribution in [3.05, 3.63) is 65.9 Å². The van der Waals surface area contributed by atoms with Crippen molar-refractivity contribution in [2.45, 2.75) is 31.9 Å². The summed E-state index contributed by atoms with van der Waals surface area (Å²) in [5, 5.41) is 10.0. The molecule has 2 heterocycles. The van der Waals surface area contributed by atoms with Crippen LogP contribution in [0.3, 0.4) is 0 Å². The van der Waals surface area contributed by atoms with Gasteiger partial charge in [0.2, 0.25) is 0 Å². The lowest BCUT2D eigenvalue weighted by atomic mass is 10.1. The van der Waals surface area contributed by atoms with Crippen LogP contribution in [0.2, 0.25) is 0 Å². The van der Waals surface area contributed by atoms with Crippen molar-refractivity contribution in [3.63, 3.8) is 0 Å². The number of hydrogen-bond donors (Lipinski definition) is 0. The molecular weight excluding hydrogens is 324 g/mol. The van der Waals surface area contributed by atoms with Crippen LogP contribution in [0.15, 0.2) is 59.2 Å². The summed E-state index contributed by atoms with van der Waals surface area (Å²) in [5.74, 6) is 0.839. The van der Waals surface area contributed by atoms with Gasteiger partial charge in [-0.25, -0.2) is 0 Å². The molecule has 132 valence electrons. The zero-order chi connectivity index (χ0) is 17.8. The Labute approximate surface area is 153 Å². The van der Waals surface area contributed by atoms with Crippen molar-refractivity contribution in [1.82, 2.24) is 4.90 Å². The van der Waals surface area contributed by atoms with E-state index in [-0.39, 0.29) is 6.10 Å². The van der Waals surface area contributed by atoms with E-state index in [0.29, 0.717) is 6.42 Å². The average Bonchev–Trinajstić information content (AvgIpc) is 3.13. The molecule has 0 radical (unpaired) electrons. The summed E-state index contributed by atoms with van der Waals surface area (Å²) in [4.78, 5) is 2.48. The second-order valence-corrected chi connectivity index (χ2v) is 6.84. The lowest BCUT2D eigenvalue weighted by Gasteiger charge is -2.32. The van der Waals surface area contributed by atoms with Gasteiger partial charge in [0.1, 0.15) is 17.4 Å². The summed E-state index contributed by atoms with van der Waals surface area (Å²) in [7, 11) is 0. The maximum absolute atomic E-state index is 9.04. The van der Waals surface area contributed by atoms with Crippen molar-refractivity contribution in [1.29, 1.82) is 5.26 Å². The monoisotopic (exact) mass is 346 g/mol. The van der Waals surface area contributed by atoms with Gasteiger partial charge in [0.15, 0.2) is 0 Å². The summed E-state index contributed by atoms with van der Waals surface area (Å²) in [6.07, 6.45) is 4.25. The van der Waals surface area contributed by atoms with Gasteiger partial charge >= 0.3 is 0 Å². The molecule has 26 heavy (non-hydrogen) atoms. The minimum atomic E-state index is 0.223. The molecule has 0 bridgehead atoms. The van der Waals surface area contributed by atoms with Gasteiger partial charge in [-0.1, -0.05) is 30.3 Å². The molecule has 4 heteroatoms. The Hall–Kier alpha value is -2.77. The van der Waals surface area contributed by atoms with Crippen molar-refractivity contribution >= 4 is 11.0 Å². The first-order chi connectivity index (χ1) is 12.8. The molecule has 0 unspecified atom stereocenters. The number of fused-ring (bicyclic) bond motifs is 1. The van der Waals surface area contributed by atoms with Crippen molar-refractivity contribution in [2.24, 2.45) is 0 Å². The van der Waals surface area contributed by atoms with Gasteiger partial charge in [-0.15, -0.1) is 0 Å². The number of nitrogens with zero attached hydrogens (tertiary/aromatic N) is 2. The number of benzene rings is 2. The first-order valence-electron chi connectivity index (χ1n) is 9.12. The Kier molecular flexibility index (Phi) is 4.90. The van der Waals surface area contributed by atoms with Gasteiger partial charge in [0.25, 0.3) is 0 Å². The average molecular weight is 346 g/mol. The molecule has 1 aliphatic rings. The molecule has 0 aliphatic carbocycles. The van der Waals surface area contributed by atoms with E-state index in [1.165, 1.54) is 5.56 Å². The normalized spacial score (nSPS) is 15.8. The van der Waals surface area contributed by atoms with E-state index in [4.69, 9.17) is 14.4 Å². The summed E-state index contributed by atoms with van der Waals surface area (Å²) < 4.78 is 11.7. The first kappa shape index (κ1) is 16.7. The van der Waals surface area contributed by atoms with Gasteiger partial charge in [-0.3, -0.25) is 4.90 Å². The molecule has 1 aliphatic heterocycles. The summed E-state index contributed by atoms with van der Waals surface area (Å²) >= 11 is 0. The molecular formula is C22H22N2O2. The number of rotatable bonds is 5. The molecule has 0 amide bonds. The molecule has 0 N–H and O–H groups in total. The van der Waals surface area contributed by atoms with Gasteiger partial charge in [-0.2, -0.15) is 5.26 Å². The van der Waals surface area contributed by atoms with E-state index in [1.54, 1.807) is 6.26 Å². The maximum atomic E-state index is 9.04.